The fraction of sp³-hybridized carbons (Fsp3) is 0.500. The topological polar surface area (TPSA) is 72.4 Å². The van der Waals surface area contributed by atoms with Crippen molar-refractivity contribution in [3.63, 3.8) is 0 Å². The summed E-state index contributed by atoms with van der Waals surface area (Å²) in [6.45, 7) is 0.865. The van der Waals surface area contributed by atoms with E-state index in [0.29, 0.717) is 17.6 Å². The van der Waals surface area contributed by atoms with Gasteiger partial charge in [0.2, 0.25) is 0 Å². The van der Waals surface area contributed by atoms with Crippen LogP contribution in [0.1, 0.15) is 36.0 Å². The number of primary amides is 1. The molecular formula is C14H18FN3O. The Hall–Kier alpha value is -1.78. The number of amides is 1. The van der Waals surface area contributed by atoms with Gasteiger partial charge in [0, 0.05) is 18.3 Å². The lowest BCUT2D eigenvalue weighted by molar-refractivity contribution is 0.100. The van der Waals surface area contributed by atoms with Gasteiger partial charge in [-0.2, -0.15) is 0 Å². The molecule has 1 amide bonds. The summed E-state index contributed by atoms with van der Waals surface area (Å²) >= 11 is 0. The molecule has 0 atom stereocenters. The van der Waals surface area contributed by atoms with Crippen LogP contribution in [0.5, 0.6) is 0 Å². The van der Waals surface area contributed by atoms with E-state index in [4.69, 9.17) is 11.5 Å². The first-order chi connectivity index (χ1) is 9.06. The molecule has 1 aromatic rings. The third kappa shape index (κ3) is 2.50. The van der Waals surface area contributed by atoms with E-state index in [1.54, 1.807) is 0 Å². The summed E-state index contributed by atoms with van der Waals surface area (Å²) in [6.07, 6.45) is 4.59. The number of halogens is 1. The summed E-state index contributed by atoms with van der Waals surface area (Å²) < 4.78 is 14.1. The highest BCUT2D eigenvalue weighted by atomic mass is 19.1. The van der Waals surface area contributed by atoms with Gasteiger partial charge in [-0.05, 0) is 43.7 Å². The summed E-state index contributed by atoms with van der Waals surface area (Å²) in [5.41, 5.74) is 11.7. The van der Waals surface area contributed by atoms with Crippen LogP contribution in [0.2, 0.25) is 0 Å². The van der Waals surface area contributed by atoms with Crippen molar-refractivity contribution < 1.29 is 9.18 Å². The van der Waals surface area contributed by atoms with E-state index < -0.39 is 5.91 Å². The van der Waals surface area contributed by atoms with Crippen LogP contribution in [0.25, 0.3) is 0 Å². The molecule has 19 heavy (non-hydrogen) atoms. The molecule has 4 nitrogen and oxygen atoms in total. The minimum Gasteiger partial charge on any atom is -0.398 e. The first-order valence-electron chi connectivity index (χ1n) is 6.71. The highest BCUT2D eigenvalue weighted by molar-refractivity contribution is 5.99. The van der Waals surface area contributed by atoms with Gasteiger partial charge in [0.05, 0.1) is 11.3 Å². The molecule has 5 heteroatoms. The van der Waals surface area contributed by atoms with Crippen molar-refractivity contribution in [3.8, 4) is 0 Å². The maximum atomic E-state index is 14.1. The second-order valence-corrected chi connectivity index (χ2v) is 5.58. The normalized spacial score (nSPS) is 18.4. The predicted molar refractivity (Wildman–Crippen MR) is 72.4 cm³/mol. The number of hydrogen-bond acceptors (Lipinski definition) is 3. The molecule has 1 aromatic carbocycles. The van der Waals surface area contributed by atoms with Crippen LogP contribution >= 0.6 is 0 Å². The Balaban J connectivity index is 1.96. The molecule has 2 aliphatic rings. The zero-order valence-electron chi connectivity index (χ0n) is 10.7. The fourth-order valence-electron chi connectivity index (χ4n) is 2.42. The number of nitrogens with zero attached hydrogens (tertiary/aromatic N) is 1. The molecule has 0 bridgehead atoms. The smallest absolute Gasteiger partial charge is 0.250 e. The second kappa shape index (κ2) is 4.40. The Morgan fingerprint density at radius 2 is 2.00 bits per heavy atom. The molecule has 0 aromatic heterocycles. The lowest BCUT2D eigenvalue weighted by atomic mass is 10.1. The van der Waals surface area contributed by atoms with E-state index in [1.165, 1.54) is 25.0 Å². The fourth-order valence-corrected chi connectivity index (χ4v) is 2.42. The van der Waals surface area contributed by atoms with E-state index in [1.807, 2.05) is 0 Å². The molecule has 0 unspecified atom stereocenters. The van der Waals surface area contributed by atoms with Crippen LogP contribution in [0.15, 0.2) is 12.1 Å². The Morgan fingerprint density at radius 1 is 1.32 bits per heavy atom. The number of carbonyl (C=O) groups excluding carboxylic acids is 1. The van der Waals surface area contributed by atoms with E-state index in [0.717, 1.165) is 19.4 Å². The van der Waals surface area contributed by atoms with E-state index in [2.05, 4.69) is 4.90 Å². The Bertz CT molecular complexity index is 524. The molecule has 2 fully saturated rings. The Morgan fingerprint density at radius 3 is 2.53 bits per heavy atom. The van der Waals surface area contributed by atoms with Crippen molar-refractivity contribution in [2.75, 3.05) is 17.2 Å². The van der Waals surface area contributed by atoms with Crippen LogP contribution in [0.3, 0.4) is 0 Å². The summed E-state index contributed by atoms with van der Waals surface area (Å²) in [4.78, 5) is 13.4. The first kappa shape index (κ1) is 12.3. The maximum Gasteiger partial charge on any atom is 0.250 e. The van der Waals surface area contributed by atoms with Crippen molar-refractivity contribution in [1.82, 2.24) is 0 Å². The van der Waals surface area contributed by atoms with Gasteiger partial charge in [0.1, 0.15) is 5.82 Å². The van der Waals surface area contributed by atoms with Gasteiger partial charge >= 0.3 is 0 Å². The average Bonchev–Trinajstić information content (AvgIpc) is 3.20. The maximum absolute atomic E-state index is 14.1. The Labute approximate surface area is 111 Å². The van der Waals surface area contributed by atoms with Gasteiger partial charge in [-0.1, -0.05) is 0 Å². The van der Waals surface area contributed by atoms with Gasteiger partial charge in [-0.3, -0.25) is 4.79 Å². The highest BCUT2D eigenvalue weighted by Gasteiger charge is 2.35. The van der Waals surface area contributed by atoms with Gasteiger partial charge in [0.25, 0.3) is 5.91 Å². The molecule has 0 spiro atoms. The zero-order valence-corrected chi connectivity index (χ0v) is 10.7. The van der Waals surface area contributed by atoms with Crippen molar-refractivity contribution in [2.45, 2.75) is 31.7 Å². The lowest BCUT2D eigenvalue weighted by Gasteiger charge is -2.26. The quantitative estimate of drug-likeness (QED) is 0.797. The van der Waals surface area contributed by atoms with Crippen LogP contribution in [-0.4, -0.2) is 18.5 Å². The van der Waals surface area contributed by atoms with Crippen molar-refractivity contribution in [3.05, 3.63) is 23.5 Å². The molecule has 0 radical (unpaired) electrons. The van der Waals surface area contributed by atoms with Gasteiger partial charge < -0.3 is 16.4 Å². The number of carbonyl (C=O) groups is 1. The van der Waals surface area contributed by atoms with Gasteiger partial charge in [-0.25, -0.2) is 4.39 Å². The number of benzene rings is 1. The van der Waals surface area contributed by atoms with E-state index in [9.17, 15) is 9.18 Å². The van der Waals surface area contributed by atoms with Gasteiger partial charge in [0.15, 0.2) is 0 Å². The molecule has 0 saturated heterocycles. The molecule has 0 aliphatic heterocycles. The van der Waals surface area contributed by atoms with E-state index in [-0.39, 0.29) is 17.1 Å². The minimum atomic E-state index is -0.610. The molecule has 2 aliphatic carbocycles. The summed E-state index contributed by atoms with van der Waals surface area (Å²) in [5.74, 6) is -0.314. The summed E-state index contributed by atoms with van der Waals surface area (Å²) in [5, 5.41) is 0. The molecule has 4 N–H and O–H groups in total. The number of nitrogen functional groups attached to an aromatic ring is 1. The zero-order chi connectivity index (χ0) is 13.6. The average molecular weight is 263 g/mol. The molecule has 0 heterocycles. The summed E-state index contributed by atoms with van der Waals surface area (Å²) in [6, 6.07) is 3.12. The summed E-state index contributed by atoms with van der Waals surface area (Å²) in [7, 11) is 0. The van der Waals surface area contributed by atoms with Crippen molar-refractivity contribution in [2.24, 2.45) is 11.7 Å². The molecule has 2 saturated carbocycles. The largest absolute Gasteiger partial charge is 0.398 e. The number of hydrogen-bond donors (Lipinski definition) is 2. The standard InChI is InChI=1S/C14H18FN3O/c15-11-6-12(16)10(14(17)19)5-13(11)18(9-3-4-9)7-8-1-2-8/h5-6,8-9H,1-4,7,16H2,(H2,17,19). The minimum absolute atomic E-state index is 0.107. The van der Waals surface area contributed by atoms with Crippen LogP contribution in [0.4, 0.5) is 15.8 Å². The highest BCUT2D eigenvalue weighted by Crippen LogP contribution is 2.39. The van der Waals surface area contributed by atoms with Crippen LogP contribution in [-0.2, 0) is 0 Å². The van der Waals surface area contributed by atoms with Crippen molar-refractivity contribution >= 4 is 17.3 Å². The van der Waals surface area contributed by atoms with Gasteiger partial charge in [-0.15, -0.1) is 0 Å². The Kier molecular flexibility index (Phi) is 2.84. The van der Waals surface area contributed by atoms with Crippen molar-refractivity contribution in [1.29, 1.82) is 0 Å². The van der Waals surface area contributed by atoms with Crippen LogP contribution in [0, 0.1) is 11.7 Å². The monoisotopic (exact) mass is 263 g/mol. The number of rotatable bonds is 5. The third-order valence-corrected chi connectivity index (χ3v) is 3.83. The number of anilines is 2. The predicted octanol–water partition coefficient (Wildman–Crippen LogP) is 1.89. The SMILES string of the molecule is NC(=O)c1cc(N(CC2CC2)C2CC2)c(F)cc1N. The first-order valence-corrected chi connectivity index (χ1v) is 6.71. The molecular weight excluding hydrogens is 245 g/mol. The second-order valence-electron chi connectivity index (χ2n) is 5.58. The lowest BCUT2D eigenvalue weighted by Crippen LogP contribution is -2.29. The number of nitrogens with two attached hydrogens (primary N) is 2. The molecule has 102 valence electrons. The van der Waals surface area contributed by atoms with E-state index >= 15 is 0 Å². The van der Waals surface area contributed by atoms with Crippen LogP contribution < -0.4 is 16.4 Å². The molecule has 3 rings (SSSR count). The third-order valence-electron chi connectivity index (χ3n) is 3.83.